The number of fused-ring (bicyclic) bond motifs is 1. The number of hydrogen-bond donors (Lipinski definition) is 1. The molecule has 0 spiro atoms. The van der Waals surface area contributed by atoms with Gasteiger partial charge in [-0.05, 0) is 48.4 Å². The first-order chi connectivity index (χ1) is 16.6. The minimum Gasteiger partial charge on any atom is -0.368 e. The summed E-state index contributed by atoms with van der Waals surface area (Å²) >= 11 is 0. The molecule has 3 aromatic rings. The molecular formula is C25H29FN8. The van der Waals surface area contributed by atoms with Crippen molar-refractivity contribution in [1.29, 1.82) is 5.26 Å². The summed E-state index contributed by atoms with van der Waals surface area (Å²) in [5, 5.41) is 8.99. The monoisotopic (exact) mass is 460 g/mol. The molecule has 2 aliphatic rings. The van der Waals surface area contributed by atoms with Gasteiger partial charge in [-0.25, -0.2) is 4.98 Å². The molecule has 4 heterocycles. The van der Waals surface area contributed by atoms with Gasteiger partial charge in [-0.2, -0.15) is 15.2 Å². The highest BCUT2D eigenvalue weighted by Crippen LogP contribution is 2.29. The van der Waals surface area contributed by atoms with E-state index in [9.17, 15) is 4.39 Å². The molecule has 5 rings (SSSR count). The number of nitriles is 1. The number of pyridine rings is 1. The number of nitrogens with zero attached hydrogens (tertiary/aromatic N) is 7. The van der Waals surface area contributed by atoms with Crippen LogP contribution in [0.4, 0.5) is 22.0 Å². The van der Waals surface area contributed by atoms with Gasteiger partial charge in [0.25, 0.3) is 0 Å². The van der Waals surface area contributed by atoms with E-state index in [2.05, 4.69) is 67.0 Å². The SMILES string of the molecule is CF.CN1CCN(c2cc(N3CCc4ccc(-c5ccc(C#N)nc5)cc4C3)nc(N)n2)CC1. The van der Waals surface area contributed by atoms with Crippen molar-refractivity contribution in [2.45, 2.75) is 13.0 Å². The molecule has 1 saturated heterocycles. The van der Waals surface area contributed by atoms with Gasteiger partial charge >= 0.3 is 0 Å². The summed E-state index contributed by atoms with van der Waals surface area (Å²) < 4.78 is 9.50. The molecule has 8 nitrogen and oxygen atoms in total. The van der Waals surface area contributed by atoms with Gasteiger partial charge in [0.1, 0.15) is 23.4 Å². The maximum Gasteiger partial charge on any atom is 0.223 e. The number of benzene rings is 1. The zero-order valence-electron chi connectivity index (χ0n) is 19.6. The average Bonchev–Trinajstić information content (AvgIpc) is 2.89. The van der Waals surface area contributed by atoms with Crippen molar-refractivity contribution >= 4 is 17.6 Å². The summed E-state index contributed by atoms with van der Waals surface area (Å²) in [5.41, 5.74) is 11.3. The zero-order valence-corrected chi connectivity index (χ0v) is 19.6. The summed E-state index contributed by atoms with van der Waals surface area (Å²) in [7, 11) is 2.64. The predicted molar refractivity (Wildman–Crippen MR) is 132 cm³/mol. The number of rotatable bonds is 3. The number of hydrogen-bond acceptors (Lipinski definition) is 8. The first-order valence-corrected chi connectivity index (χ1v) is 11.3. The Bertz CT molecular complexity index is 1170. The summed E-state index contributed by atoms with van der Waals surface area (Å²) in [4.78, 5) is 20.2. The van der Waals surface area contributed by atoms with E-state index in [4.69, 9.17) is 11.0 Å². The molecule has 0 amide bonds. The quantitative estimate of drug-likeness (QED) is 0.637. The molecule has 0 unspecified atom stereocenters. The van der Waals surface area contributed by atoms with Crippen LogP contribution in [-0.2, 0) is 13.0 Å². The van der Waals surface area contributed by atoms with Crippen LogP contribution < -0.4 is 15.5 Å². The van der Waals surface area contributed by atoms with Gasteiger partial charge in [-0.15, -0.1) is 0 Å². The second-order valence-electron chi connectivity index (χ2n) is 8.43. The third-order valence-electron chi connectivity index (χ3n) is 6.30. The van der Waals surface area contributed by atoms with Crippen molar-refractivity contribution in [2.24, 2.45) is 0 Å². The third-order valence-corrected chi connectivity index (χ3v) is 6.30. The first kappa shape index (κ1) is 23.4. The molecular weight excluding hydrogens is 431 g/mol. The van der Waals surface area contributed by atoms with Gasteiger partial charge < -0.3 is 20.4 Å². The van der Waals surface area contributed by atoms with Gasteiger partial charge in [-0.3, -0.25) is 4.39 Å². The van der Waals surface area contributed by atoms with Crippen LogP contribution >= 0.6 is 0 Å². The van der Waals surface area contributed by atoms with Crippen molar-refractivity contribution in [3.8, 4) is 17.2 Å². The molecule has 34 heavy (non-hydrogen) atoms. The largest absolute Gasteiger partial charge is 0.368 e. The number of nitrogens with two attached hydrogens (primary N) is 1. The Morgan fingerprint density at radius 2 is 1.59 bits per heavy atom. The van der Waals surface area contributed by atoms with E-state index in [1.165, 1.54) is 11.1 Å². The van der Waals surface area contributed by atoms with Gasteiger partial charge in [0.2, 0.25) is 5.95 Å². The topological polar surface area (TPSA) is 98.2 Å². The van der Waals surface area contributed by atoms with Crippen molar-refractivity contribution in [3.63, 3.8) is 0 Å². The second kappa shape index (κ2) is 10.4. The van der Waals surface area contributed by atoms with Gasteiger partial charge in [0, 0.05) is 57.1 Å². The van der Waals surface area contributed by atoms with Crippen LogP contribution in [0, 0.1) is 11.3 Å². The molecule has 2 N–H and O–H groups in total. The number of halogens is 1. The molecule has 0 radical (unpaired) electrons. The smallest absolute Gasteiger partial charge is 0.223 e. The summed E-state index contributed by atoms with van der Waals surface area (Å²) in [6.45, 7) is 5.58. The highest BCUT2D eigenvalue weighted by molar-refractivity contribution is 5.65. The molecule has 1 aromatic carbocycles. The Morgan fingerprint density at radius 3 is 2.26 bits per heavy atom. The van der Waals surface area contributed by atoms with E-state index in [0.29, 0.717) is 18.8 Å². The number of piperazine rings is 1. The van der Waals surface area contributed by atoms with Crippen molar-refractivity contribution in [3.05, 3.63) is 59.4 Å². The molecule has 176 valence electrons. The van der Waals surface area contributed by atoms with E-state index in [1.807, 2.05) is 6.07 Å². The minimum atomic E-state index is 0.319. The van der Waals surface area contributed by atoms with E-state index in [1.54, 1.807) is 12.3 Å². The molecule has 0 saturated carbocycles. The highest BCUT2D eigenvalue weighted by atomic mass is 19.1. The Kier molecular flexibility index (Phi) is 7.18. The number of aromatic nitrogens is 3. The van der Waals surface area contributed by atoms with Crippen molar-refractivity contribution in [1.82, 2.24) is 19.9 Å². The van der Waals surface area contributed by atoms with Crippen molar-refractivity contribution < 1.29 is 4.39 Å². The average molecular weight is 461 g/mol. The van der Waals surface area contributed by atoms with E-state index >= 15 is 0 Å². The zero-order chi connectivity index (χ0) is 24.1. The molecule has 2 aliphatic heterocycles. The van der Waals surface area contributed by atoms with Crippen LogP contribution in [0.3, 0.4) is 0 Å². The lowest BCUT2D eigenvalue weighted by Gasteiger charge is -2.34. The van der Waals surface area contributed by atoms with Crippen molar-refractivity contribution in [2.75, 3.05) is 62.5 Å². The molecule has 0 bridgehead atoms. The summed E-state index contributed by atoms with van der Waals surface area (Å²) in [6.07, 6.45) is 2.71. The first-order valence-electron chi connectivity index (χ1n) is 11.3. The van der Waals surface area contributed by atoms with Crippen LogP contribution in [0.2, 0.25) is 0 Å². The van der Waals surface area contributed by atoms with Gasteiger partial charge in [-0.1, -0.05) is 12.1 Å². The minimum absolute atomic E-state index is 0.319. The van der Waals surface area contributed by atoms with Crippen LogP contribution in [0.5, 0.6) is 0 Å². The lowest BCUT2D eigenvalue weighted by molar-refractivity contribution is 0.312. The predicted octanol–water partition coefficient (Wildman–Crippen LogP) is 2.89. The molecule has 9 heteroatoms. The number of nitrogen functional groups attached to an aromatic ring is 1. The third kappa shape index (κ3) is 5.07. The van der Waals surface area contributed by atoms with Gasteiger partial charge in [0.15, 0.2) is 0 Å². The van der Waals surface area contributed by atoms with E-state index in [-0.39, 0.29) is 0 Å². The van der Waals surface area contributed by atoms with E-state index in [0.717, 1.165) is 68.5 Å². The fraction of sp³-hybridized carbons (Fsp3) is 0.360. The van der Waals surface area contributed by atoms with Crippen LogP contribution in [0.1, 0.15) is 16.8 Å². The Balaban J connectivity index is 0.00000133. The standard InChI is InChI=1S/C24H26N8.CH3F/c1-30-8-10-31(11-9-30)22-13-23(29-24(26)28-22)32-7-6-17-2-3-18(12-20(17)16-32)19-4-5-21(14-25)27-15-19;1-2/h2-5,12-13,15H,6-11,16H2,1H3,(H2,26,28,29);1H3. The fourth-order valence-corrected chi connectivity index (χ4v) is 4.36. The fourth-order valence-electron chi connectivity index (χ4n) is 4.36. The van der Waals surface area contributed by atoms with E-state index < -0.39 is 0 Å². The lowest BCUT2D eigenvalue weighted by atomic mass is 9.95. The molecule has 0 aliphatic carbocycles. The lowest BCUT2D eigenvalue weighted by Crippen LogP contribution is -2.45. The van der Waals surface area contributed by atoms with Crippen LogP contribution in [-0.4, -0.2) is 66.8 Å². The second-order valence-corrected chi connectivity index (χ2v) is 8.43. The van der Waals surface area contributed by atoms with Gasteiger partial charge in [0.05, 0.1) is 7.18 Å². The molecule has 0 atom stereocenters. The molecule has 2 aromatic heterocycles. The van der Waals surface area contributed by atoms with Crippen LogP contribution in [0.25, 0.3) is 11.1 Å². The maximum atomic E-state index is 9.50. The number of alkyl halides is 1. The number of likely N-dealkylation sites (N-methyl/N-ethyl adjacent to an activating group) is 1. The maximum absolute atomic E-state index is 9.50. The Morgan fingerprint density at radius 1 is 0.882 bits per heavy atom. The summed E-state index contributed by atoms with van der Waals surface area (Å²) in [5.74, 6) is 2.10. The summed E-state index contributed by atoms with van der Waals surface area (Å²) in [6, 6.07) is 14.4. The van der Waals surface area contributed by atoms with Crippen LogP contribution in [0.15, 0.2) is 42.6 Å². The Labute approximate surface area is 199 Å². The normalized spacial score (nSPS) is 15.7. The molecule has 1 fully saturated rings. The highest BCUT2D eigenvalue weighted by Gasteiger charge is 2.22. The Hall–Kier alpha value is -3.77. The number of anilines is 3.